The summed E-state index contributed by atoms with van der Waals surface area (Å²) < 4.78 is 13.2. The lowest BCUT2D eigenvalue weighted by atomic mass is 9.91. The van der Waals surface area contributed by atoms with Gasteiger partial charge in [0.25, 0.3) is 5.91 Å². The second-order valence-corrected chi connectivity index (χ2v) is 6.02. The third kappa shape index (κ3) is 4.12. The van der Waals surface area contributed by atoms with Gasteiger partial charge in [0.1, 0.15) is 11.5 Å². The summed E-state index contributed by atoms with van der Waals surface area (Å²) in [6, 6.07) is 6.75. The largest absolute Gasteiger partial charge is 0.337 e. The molecule has 0 saturated carbocycles. The maximum absolute atomic E-state index is 13.2. The van der Waals surface area contributed by atoms with Crippen LogP contribution in [0.4, 0.5) is 4.39 Å². The van der Waals surface area contributed by atoms with E-state index in [-0.39, 0.29) is 11.7 Å². The molecule has 1 aromatic carbocycles. The van der Waals surface area contributed by atoms with Crippen LogP contribution >= 0.6 is 0 Å². The number of nitrogens with zero attached hydrogens (tertiary/aromatic N) is 3. The molecule has 0 N–H and O–H groups in total. The molecule has 4 nitrogen and oxygen atoms in total. The first-order valence-electron chi connectivity index (χ1n) is 8.02. The smallest absolute Gasteiger partial charge is 0.274 e. The molecule has 2 heterocycles. The van der Waals surface area contributed by atoms with Gasteiger partial charge in [0.15, 0.2) is 0 Å². The summed E-state index contributed by atoms with van der Waals surface area (Å²) in [6.07, 6.45) is 8.54. The first-order chi connectivity index (χ1) is 11.2. The highest BCUT2D eigenvalue weighted by Gasteiger charge is 2.25. The Labute approximate surface area is 135 Å². The Kier molecular flexibility index (Phi) is 4.95. The van der Waals surface area contributed by atoms with E-state index in [4.69, 9.17) is 0 Å². The van der Waals surface area contributed by atoms with Crippen molar-refractivity contribution in [3.63, 3.8) is 0 Å². The predicted molar refractivity (Wildman–Crippen MR) is 85.4 cm³/mol. The van der Waals surface area contributed by atoms with Crippen molar-refractivity contribution in [3.05, 3.63) is 59.9 Å². The van der Waals surface area contributed by atoms with E-state index in [0.29, 0.717) is 11.6 Å². The van der Waals surface area contributed by atoms with Crippen LogP contribution in [0.3, 0.4) is 0 Å². The number of amides is 1. The van der Waals surface area contributed by atoms with Crippen molar-refractivity contribution in [2.75, 3.05) is 13.1 Å². The van der Waals surface area contributed by atoms with Crippen molar-refractivity contribution < 1.29 is 9.18 Å². The first-order valence-corrected chi connectivity index (χ1v) is 8.02. The zero-order chi connectivity index (χ0) is 16.1. The molecule has 1 saturated heterocycles. The Morgan fingerprint density at radius 1 is 1.35 bits per heavy atom. The molecular weight excluding hydrogens is 293 g/mol. The van der Waals surface area contributed by atoms with Crippen molar-refractivity contribution in [3.8, 4) is 0 Å². The molecular formula is C18H20FN3O. The highest BCUT2D eigenvalue weighted by atomic mass is 19.1. The van der Waals surface area contributed by atoms with E-state index in [1.165, 1.54) is 12.3 Å². The SMILES string of the molecule is O=C(c1cnccn1)N1CCC[C@H](CCc2cccc(F)c2)C1. The minimum Gasteiger partial charge on any atom is -0.337 e. The van der Waals surface area contributed by atoms with Gasteiger partial charge in [0.05, 0.1) is 6.20 Å². The molecule has 1 aromatic heterocycles. The van der Waals surface area contributed by atoms with Crippen LogP contribution in [0.2, 0.25) is 0 Å². The number of likely N-dealkylation sites (tertiary alicyclic amines) is 1. The van der Waals surface area contributed by atoms with E-state index in [0.717, 1.165) is 44.3 Å². The summed E-state index contributed by atoms with van der Waals surface area (Å²) in [7, 11) is 0. The van der Waals surface area contributed by atoms with Gasteiger partial charge in [0.2, 0.25) is 0 Å². The van der Waals surface area contributed by atoms with Crippen LogP contribution in [-0.4, -0.2) is 33.9 Å². The highest BCUT2D eigenvalue weighted by molar-refractivity contribution is 5.92. The monoisotopic (exact) mass is 313 g/mol. The average Bonchev–Trinajstić information content (AvgIpc) is 2.60. The number of carbonyl (C=O) groups is 1. The lowest BCUT2D eigenvalue weighted by molar-refractivity contribution is 0.0662. The third-order valence-corrected chi connectivity index (χ3v) is 4.32. The molecule has 0 aliphatic carbocycles. The first kappa shape index (κ1) is 15.6. The molecule has 1 amide bonds. The van der Waals surface area contributed by atoms with Crippen LogP contribution in [0.1, 0.15) is 35.3 Å². The second kappa shape index (κ2) is 7.31. The Morgan fingerprint density at radius 2 is 2.26 bits per heavy atom. The number of aryl methyl sites for hydroxylation is 1. The zero-order valence-electron chi connectivity index (χ0n) is 13.0. The lowest BCUT2D eigenvalue weighted by Gasteiger charge is -2.32. The van der Waals surface area contributed by atoms with E-state index in [9.17, 15) is 9.18 Å². The van der Waals surface area contributed by atoms with Crippen LogP contribution in [0.5, 0.6) is 0 Å². The molecule has 3 rings (SSSR count). The van der Waals surface area contributed by atoms with Crippen LogP contribution < -0.4 is 0 Å². The third-order valence-electron chi connectivity index (χ3n) is 4.32. The Hall–Kier alpha value is -2.30. The van der Waals surface area contributed by atoms with E-state index in [2.05, 4.69) is 9.97 Å². The molecule has 120 valence electrons. The van der Waals surface area contributed by atoms with Gasteiger partial charge in [-0.1, -0.05) is 12.1 Å². The number of rotatable bonds is 4. The standard InChI is InChI=1S/C18H20FN3O/c19-16-5-1-3-14(11-16)6-7-15-4-2-10-22(13-15)18(23)17-12-20-8-9-21-17/h1,3,5,8-9,11-12,15H,2,4,6-7,10,13H2/t15-/m1/s1. The van der Waals surface area contributed by atoms with Gasteiger partial charge < -0.3 is 4.90 Å². The number of aromatic nitrogens is 2. The summed E-state index contributed by atoms with van der Waals surface area (Å²) in [5.41, 5.74) is 1.42. The maximum atomic E-state index is 13.2. The molecule has 0 radical (unpaired) electrons. The maximum Gasteiger partial charge on any atom is 0.274 e. The van der Waals surface area contributed by atoms with Gasteiger partial charge in [-0.25, -0.2) is 9.37 Å². The molecule has 23 heavy (non-hydrogen) atoms. The van der Waals surface area contributed by atoms with Crippen molar-refractivity contribution >= 4 is 5.91 Å². The fraction of sp³-hybridized carbons (Fsp3) is 0.389. The van der Waals surface area contributed by atoms with E-state index in [1.54, 1.807) is 24.5 Å². The van der Waals surface area contributed by atoms with Crippen LogP contribution in [-0.2, 0) is 6.42 Å². The van der Waals surface area contributed by atoms with Crippen molar-refractivity contribution in [2.24, 2.45) is 5.92 Å². The minimum absolute atomic E-state index is 0.0476. The lowest BCUT2D eigenvalue weighted by Crippen LogP contribution is -2.40. The van der Waals surface area contributed by atoms with Crippen molar-refractivity contribution in [1.82, 2.24) is 14.9 Å². The second-order valence-electron chi connectivity index (χ2n) is 6.02. The van der Waals surface area contributed by atoms with Gasteiger partial charge in [-0.15, -0.1) is 0 Å². The van der Waals surface area contributed by atoms with Crippen LogP contribution in [0.25, 0.3) is 0 Å². The molecule has 1 fully saturated rings. The van der Waals surface area contributed by atoms with Gasteiger partial charge in [-0.05, 0) is 49.3 Å². The minimum atomic E-state index is -0.189. The molecule has 1 atom stereocenters. The van der Waals surface area contributed by atoms with Gasteiger partial charge in [-0.3, -0.25) is 9.78 Å². The molecule has 0 bridgehead atoms. The fourth-order valence-corrected chi connectivity index (χ4v) is 3.12. The van der Waals surface area contributed by atoms with Crippen LogP contribution in [0, 0.1) is 11.7 Å². The summed E-state index contributed by atoms with van der Waals surface area (Å²) in [4.78, 5) is 22.3. The molecule has 5 heteroatoms. The molecule has 0 unspecified atom stereocenters. The summed E-state index contributed by atoms with van der Waals surface area (Å²) in [5.74, 6) is 0.215. The van der Waals surface area contributed by atoms with E-state index < -0.39 is 0 Å². The van der Waals surface area contributed by atoms with E-state index >= 15 is 0 Å². The molecule has 0 spiro atoms. The topological polar surface area (TPSA) is 46.1 Å². The number of hydrogen-bond donors (Lipinski definition) is 0. The Morgan fingerprint density at radius 3 is 3.04 bits per heavy atom. The molecule has 1 aliphatic heterocycles. The van der Waals surface area contributed by atoms with Gasteiger partial charge in [0, 0.05) is 25.5 Å². The summed E-state index contributed by atoms with van der Waals surface area (Å²) >= 11 is 0. The van der Waals surface area contributed by atoms with Crippen molar-refractivity contribution in [2.45, 2.75) is 25.7 Å². The van der Waals surface area contributed by atoms with Crippen molar-refractivity contribution in [1.29, 1.82) is 0 Å². The normalized spacial score (nSPS) is 18.0. The Balaban J connectivity index is 1.57. The number of hydrogen-bond acceptors (Lipinski definition) is 3. The number of piperidine rings is 1. The van der Waals surface area contributed by atoms with Gasteiger partial charge >= 0.3 is 0 Å². The van der Waals surface area contributed by atoms with E-state index in [1.807, 2.05) is 11.0 Å². The number of benzene rings is 1. The highest BCUT2D eigenvalue weighted by Crippen LogP contribution is 2.22. The average molecular weight is 313 g/mol. The van der Waals surface area contributed by atoms with Gasteiger partial charge in [-0.2, -0.15) is 0 Å². The number of carbonyl (C=O) groups excluding carboxylic acids is 1. The predicted octanol–water partition coefficient (Wildman–Crippen LogP) is 3.10. The number of halogens is 1. The molecule has 1 aliphatic rings. The van der Waals surface area contributed by atoms with Crippen LogP contribution in [0.15, 0.2) is 42.9 Å². The molecule has 2 aromatic rings. The fourth-order valence-electron chi connectivity index (χ4n) is 3.12. The quantitative estimate of drug-likeness (QED) is 0.871. The summed E-state index contributed by atoms with van der Waals surface area (Å²) in [6.45, 7) is 1.51. The summed E-state index contributed by atoms with van der Waals surface area (Å²) in [5, 5.41) is 0. The zero-order valence-corrected chi connectivity index (χ0v) is 13.0. The Bertz CT molecular complexity index is 662.